The zero-order valence-corrected chi connectivity index (χ0v) is 13.8. The fourth-order valence-corrected chi connectivity index (χ4v) is 3.30. The van der Waals surface area contributed by atoms with E-state index in [1.54, 1.807) is 0 Å². The maximum atomic E-state index is 12.7. The van der Waals surface area contributed by atoms with E-state index >= 15 is 0 Å². The van der Waals surface area contributed by atoms with Gasteiger partial charge in [0.1, 0.15) is 0 Å². The van der Waals surface area contributed by atoms with Gasteiger partial charge in [-0.25, -0.2) is 0 Å². The lowest BCUT2D eigenvalue weighted by Gasteiger charge is -2.24. The highest BCUT2D eigenvalue weighted by Crippen LogP contribution is 2.34. The van der Waals surface area contributed by atoms with Crippen LogP contribution < -0.4 is 5.32 Å². The number of nitrogens with one attached hydrogen (secondary N) is 1. The number of anilines is 1. The van der Waals surface area contributed by atoms with Crippen LogP contribution in [-0.4, -0.2) is 24.4 Å². The van der Waals surface area contributed by atoms with Crippen molar-refractivity contribution in [1.29, 1.82) is 0 Å². The summed E-state index contributed by atoms with van der Waals surface area (Å²) in [4.78, 5) is 14.2. The molecule has 0 aromatic heterocycles. The van der Waals surface area contributed by atoms with Gasteiger partial charge < -0.3 is 5.32 Å². The van der Waals surface area contributed by atoms with E-state index < -0.39 is 11.7 Å². The van der Waals surface area contributed by atoms with Gasteiger partial charge in [-0.2, -0.15) is 13.2 Å². The zero-order valence-electron chi connectivity index (χ0n) is 13.8. The Morgan fingerprint density at radius 3 is 2.72 bits per heavy atom. The molecule has 1 amide bonds. The van der Waals surface area contributed by atoms with E-state index in [2.05, 4.69) is 17.4 Å². The third-order valence-corrected chi connectivity index (χ3v) is 4.50. The fourth-order valence-electron chi connectivity index (χ4n) is 3.30. The molecule has 132 valence electrons. The van der Waals surface area contributed by atoms with Crippen LogP contribution in [0.4, 0.5) is 18.9 Å². The van der Waals surface area contributed by atoms with Crippen molar-refractivity contribution >= 4 is 11.6 Å². The molecule has 25 heavy (non-hydrogen) atoms. The molecule has 2 aromatic rings. The average molecular weight is 348 g/mol. The molecule has 0 heterocycles. The predicted molar refractivity (Wildman–Crippen MR) is 90.2 cm³/mol. The molecule has 3 nitrogen and oxygen atoms in total. The molecule has 3 rings (SSSR count). The SMILES string of the molecule is CN(CC(=O)Nc1cccc(C(F)(F)F)c1)[C@H]1CCc2ccccc21. The highest BCUT2D eigenvalue weighted by molar-refractivity contribution is 5.92. The van der Waals surface area contributed by atoms with Crippen LogP contribution in [0.25, 0.3) is 0 Å². The molecule has 0 unspecified atom stereocenters. The second kappa shape index (κ2) is 6.88. The number of carbonyl (C=O) groups is 1. The van der Waals surface area contributed by atoms with Crippen LogP contribution in [0, 0.1) is 0 Å². The number of nitrogens with zero attached hydrogens (tertiary/aromatic N) is 1. The minimum Gasteiger partial charge on any atom is -0.325 e. The molecule has 0 saturated carbocycles. The average Bonchev–Trinajstić information content (AvgIpc) is 2.98. The smallest absolute Gasteiger partial charge is 0.325 e. The lowest BCUT2D eigenvalue weighted by molar-refractivity contribution is -0.137. The van der Waals surface area contributed by atoms with Crippen molar-refractivity contribution in [1.82, 2.24) is 4.90 Å². The number of rotatable bonds is 4. The molecular weight excluding hydrogens is 329 g/mol. The van der Waals surface area contributed by atoms with E-state index in [-0.39, 0.29) is 24.2 Å². The van der Waals surface area contributed by atoms with Crippen LogP contribution in [-0.2, 0) is 17.4 Å². The number of aryl methyl sites for hydroxylation is 1. The molecule has 1 atom stereocenters. The minimum atomic E-state index is -4.43. The van der Waals surface area contributed by atoms with E-state index in [0.29, 0.717) is 0 Å². The van der Waals surface area contributed by atoms with Gasteiger partial charge in [0.2, 0.25) is 5.91 Å². The van der Waals surface area contributed by atoms with Crippen molar-refractivity contribution in [2.45, 2.75) is 25.1 Å². The summed E-state index contributed by atoms with van der Waals surface area (Å²) in [6.45, 7) is 0.120. The summed E-state index contributed by atoms with van der Waals surface area (Å²) >= 11 is 0. The molecule has 1 aliphatic rings. The fraction of sp³-hybridized carbons (Fsp3) is 0.316. The van der Waals surface area contributed by atoms with Crippen molar-refractivity contribution in [2.75, 3.05) is 18.9 Å². The van der Waals surface area contributed by atoms with Crippen LogP contribution in [0.2, 0.25) is 0 Å². The Balaban J connectivity index is 1.64. The van der Waals surface area contributed by atoms with Gasteiger partial charge in [-0.15, -0.1) is 0 Å². The summed E-state index contributed by atoms with van der Waals surface area (Å²) in [5, 5.41) is 2.55. The second-order valence-corrected chi connectivity index (χ2v) is 6.30. The number of fused-ring (bicyclic) bond motifs is 1. The lowest BCUT2D eigenvalue weighted by Crippen LogP contribution is -2.32. The molecule has 2 aromatic carbocycles. The topological polar surface area (TPSA) is 32.3 Å². The normalized spacial score (nSPS) is 16.8. The first-order valence-corrected chi connectivity index (χ1v) is 8.10. The van der Waals surface area contributed by atoms with Gasteiger partial charge in [-0.1, -0.05) is 30.3 Å². The third kappa shape index (κ3) is 4.02. The minimum absolute atomic E-state index is 0.120. The molecule has 6 heteroatoms. The lowest BCUT2D eigenvalue weighted by atomic mass is 10.1. The number of halogens is 3. The van der Waals surface area contributed by atoms with Crippen molar-refractivity contribution < 1.29 is 18.0 Å². The van der Waals surface area contributed by atoms with E-state index in [9.17, 15) is 18.0 Å². The highest BCUT2D eigenvalue weighted by Gasteiger charge is 2.30. The Bertz CT molecular complexity index is 773. The number of hydrogen-bond acceptors (Lipinski definition) is 2. The standard InChI is InChI=1S/C19H19F3N2O/c1-24(17-10-9-13-5-2-3-8-16(13)17)12-18(25)23-15-7-4-6-14(11-15)19(20,21)22/h2-8,11,17H,9-10,12H2,1H3,(H,23,25)/t17-/m0/s1. The Labute approximate surface area is 144 Å². The first-order valence-electron chi connectivity index (χ1n) is 8.10. The van der Waals surface area contributed by atoms with Crippen molar-refractivity contribution in [2.24, 2.45) is 0 Å². The number of alkyl halides is 3. The summed E-state index contributed by atoms with van der Waals surface area (Å²) in [5.41, 5.74) is 1.89. The van der Waals surface area contributed by atoms with Crippen molar-refractivity contribution in [3.63, 3.8) is 0 Å². The summed E-state index contributed by atoms with van der Waals surface area (Å²) in [5.74, 6) is -0.328. The highest BCUT2D eigenvalue weighted by atomic mass is 19.4. The van der Waals surface area contributed by atoms with Gasteiger partial charge in [0.15, 0.2) is 0 Å². The summed E-state index contributed by atoms with van der Waals surface area (Å²) < 4.78 is 38.2. The summed E-state index contributed by atoms with van der Waals surface area (Å²) in [7, 11) is 1.86. The molecule has 0 bridgehead atoms. The van der Waals surface area contributed by atoms with E-state index in [0.717, 1.165) is 25.0 Å². The number of carbonyl (C=O) groups excluding carboxylic acids is 1. The Hall–Kier alpha value is -2.34. The maximum Gasteiger partial charge on any atom is 0.416 e. The number of benzene rings is 2. The van der Waals surface area contributed by atoms with E-state index in [1.165, 1.54) is 23.3 Å². The first-order chi connectivity index (χ1) is 11.8. The second-order valence-electron chi connectivity index (χ2n) is 6.30. The molecule has 0 saturated heterocycles. The van der Waals surface area contributed by atoms with Crippen LogP contribution in [0.1, 0.15) is 29.2 Å². The zero-order chi connectivity index (χ0) is 18.0. The quantitative estimate of drug-likeness (QED) is 0.895. The predicted octanol–water partition coefficient (Wildman–Crippen LogP) is 4.26. The first kappa shape index (κ1) is 17.5. The molecule has 0 spiro atoms. The Morgan fingerprint density at radius 1 is 1.20 bits per heavy atom. The molecular formula is C19H19F3N2O. The maximum absolute atomic E-state index is 12.7. The number of likely N-dealkylation sites (N-methyl/N-ethyl adjacent to an activating group) is 1. The van der Waals surface area contributed by atoms with Gasteiger partial charge in [0, 0.05) is 11.7 Å². The summed E-state index contributed by atoms with van der Waals surface area (Å²) in [6.07, 6.45) is -2.52. The van der Waals surface area contributed by atoms with Gasteiger partial charge in [-0.05, 0) is 49.2 Å². The third-order valence-electron chi connectivity index (χ3n) is 4.50. The Kier molecular flexibility index (Phi) is 4.81. The Morgan fingerprint density at radius 2 is 1.96 bits per heavy atom. The van der Waals surface area contributed by atoms with Crippen molar-refractivity contribution in [3.8, 4) is 0 Å². The molecule has 1 aliphatic carbocycles. The van der Waals surface area contributed by atoms with Crippen LogP contribution in [0.5, 0.6) is 0 Å². The van der Waals surface area contributed by atoms with E-state index in [1.807, 2.05) is 24.1 Å². The number of amides is 1. The van der Waals surface area contributed by atoms with Crippen LogP contribution in [0.15, 0.2) is 48.5 Å². The van der Waals surface area contributed by atoms with Gasteiger partial charge in [-0.3, -0.25) is 9.69 Å². The summed E-state index contributed by atoms with van der Waals surface area (Å²) in [6, 6.07) is 13.0. The van der Waals surface area contributed by atoms with Gasteiger partial charge in [0.05, 0.1) is 12.1 Å². The largest absolute Gasteiger partial charge is 0.416 e. The van der Waals surface area contributed by atoms with Gasteiger partial charge >= 0.3 is 6.18 Å². The van der Waals surface area contributed by atoms with Crippen LogP contribution in [0.3, 0.4) is 0 Å². The molecule has 0 fully saturated rings. The molecule has 1 N–H and O–H groups in total. The van der Waals surface area contributed by atoms with Crippen LogP contribution >= 0.6 is 0 Å². The van der Waals surface area contributed by atoms with E-state index in [4.69, 9.17) is 0 Å². The molecule has 0 aliphatic heterocycles. The monoisotopic (exact) mass is 348 g/mol. The number of hydrogen-bond donors (Lipinski definition) is 1. The van der Waals surface area contributed by atoms with Crippen molar-refractivity contribution in [3.05, 3.63) is 65.2 Å². The molecule has 0 radical (unpaired) electrons. The van der Waals surface area contributed by atoms with Gasteiger partial charge in [0.25, 0.3) is 0 Å².